The lowest BCUT2D eigenvalue weighted by molar-refractivity contribution is -0.0114. The van der Waals surface area contributed by atoms with Gasteiger partial charge in [0.05, 0.1) is 12.2 Å². The molecule has 0 aliphatic carbocycles. The van der Waals surface area contributed by atoms with Gasteiger partial charge in [0, 0.05) is 18.6 Å². The number of likely N-dealkylation sites (N-methyl/N-ethyl adjacent to an activating group) is 1. The van der Waals surface area contributed by atoms with E-state index in [9.17, 15) is 0 Å². The number of hydrogen-bond acceptors (Lipinski definition) is 4. The van der Waals surface area contributed by atoms with Gasteiger partial charge in [0.1, 0.15) is 12.4 Å². The minimum absolute atomic E-state index is 0.0743. The van der Waals surface area contributed by atoms with Crippen molar-refractivity contribution in [2.45, 2.75) is 77.9 Å². The first-order valence-corrected chi connectivity index (χ1v) is 11.0. The second-order valence-electron chi connectivity index (χ2n) is 10.7. The minimum atomic E-state index is -0.0743. The van der Waals surface area contributed by atoms with Gasteiger partial charge in [-0.3, -0.25) is 0 Å². The van der Waals surface area contributed by atoms with Gasteiger partial charge in [-0.1, -0.05) is 26.0 Å². The quantitative estimate of drug-likeness (QED) is 0.476. The molecule has 0 aliphatic heterocycles. The van der Waals surface area contributed by atoms with Crippen molar-refractivity contribution in [1.82, 2.24) is 9.80 Å². The Morgan fingerprint density at radius 2 is 1.31 bits per heavy atom. The molecule has 0 atom stereocenters. The summed E-state index contributed by atoms with van der Waals surface area (Å²) in [5.74, 6) is 0.942. The average molecular weight is 407 g/mol. The smallest absolute Gasteiger partial charge is 0.119 e. The van der Waals surface area contributed by atoms with Crippen molar-refractivity contribution >= 4 is 0 Å². The first-order chi connectivity index (χ1) is 13.2. The summed E-state index contributed by atoms with van der Waals surface area (Å²) in [6.45, 7) is 18.8. The lowest BCUT2D eigenvalue weighted by Crippen LogP contribution is -2.39. The first kappa shape index (κ1) is 25.9. The van der Waals surface area contributed by atoms with E-state index in [1.54, 1.807) is 0 Å². The lowest BCUT2D eigenvalue weighted by Gasteiger charge is -2.36. The third-order valence-electron chi connectivity index (χ3n) is 5.96. The van der Waals surface area contributed by atoms with Crippen molar-refractivity contribution in [1.29, 1.82) is 0 Å². The van der Waals surface area contributed by atoms with E-state index in [1.807, 2.05) is 0 Å². The highest BCUT2D eigenvalue weighted by Crippen LogP contribution is 2.33. The van der Waals surface area contributed by atoms with Crippen LogP contribution in [0.2, 0.25) is 0 Å². The van der Waals surface area contributed by atoms with Gasteiger partial charge in [0.15, 0.2) is 0 Å². The van der Waals surface area contributed by atoms with Gasteiger partial charge >= 0.3 is 0 Å². The predicted molar refractivity (Wildman–Crippen MR) is 125 cm³/mol. The van der Waals surface area contributed by atoms with Gasteiger partial charge < -0.3 is 19.3 Å². The molecule has 4 heteroatoms. The zero-order chi connectivity index (χ0) is 22.3. The Labute approximate surface area is 180 Å². The summed E-state index contributed by atoms with van der Waals surface area (Å²) in [4.78, 5) is 4.56. The van der Waals surface area contributed by atoms with E-state index in [4.69, 9.17) is 9.47 Å². The molecule has 168 valence electrons. The summed E-state index contributed by atoms with van der Waals surface area (Å²) in [6.07, 6.45) is 2.32. The van der Waals surface area contributed by atoms with Crippen LogP contribution in [0.3, 0.4) is 0 Å². The molecule has 0 bridgehead atoms. The summed E-state index contributed by atoms with van der Waals surface area (Å²) < 4.78 is 11.7. The highest BCUT2D eigenvalue weighted by Gasteiger charge is 2.27. The van der Waals surface area contributed by atoms with Crippen LogP contribution < -0.4 is 4.74 Å². The van der Waals surface area contributed by atoms with E-state index in [0.29, 0.717) is 6.61 Å². The first-order valence-electron chi connectivity index (χ1n) is 11.0. The number of rotatable bonds is 12. The molecule has 0 saturated heterocycles. The van der Waals surface area contributed by atoms with Crippen molar-refractivity contribution in [3.05, 3.63) is 29.8 Å². The van der Waals surface area contributed by atoms with Crippen molar-refractivity contribution < 1.29 is 9.47 Å². The molecule has 0 spiro atoms. The third kappa shape index (κ3) is 9.97. The van der Waals surface area contributed by atoms with E-state index < -0.39 is 0 Å². The minimum Gasteiger partial charge on any atom is -0.492 e. The van der Waals surface area contributed by atoms with Crippen molar-refractivity contribution in [2.24, 2.45) is 0 Å². The van der Waals surface area contributed by atoms with Crippen LogP contribution in [-0.4, -0.2) is 68.4 Å². The van der Waals surface area contributed by atoms with E-state index in [0.717, 1.165) is 38.3 Å². The molecule has 0 N–H and O–H groups in total. The number of nitrogens with zero attached hydrogens (tertiary/aromatic N) is 2. The van der Waals surface area contributed by atoms with Gasteiger partial charge in [0.2, 0.25) is 0 Å². The van der Waals surface area contributed by atoms with Crippen LogP contribution in [0.1, 0.15) is 66.9 Å². The molecule has 4 nitrogen and oxygen atoms in total. The Morgan fingerprint density at radius 1 is 0.759 bits per heavy atom. The van der Waals surface area contributed by atoms with Crippen molar-refractivity contribution in [3.8, 4) is 5.75 Å². The summed E-state index contributed by atoms with van der Waals surface area (Å²) in [7, 11) is 6.43. The predicted octanol–water partition coefficient (Wildman–Crippen LogP) is 5.21. The summed E-state index contributed by atoms with van der Waals surface area (Å²) in [5.41, 5.74) is 1.66. The van der Waals surface area contributed by atoms with Gasteiger partial charge in [-0.15, -0.1) is 0 Å². The Balaban J connectivity index is 2.45. The van der Waals surface area contributed by atoms with E-state index >= 15 is 0 Å². The van der Waals surface area contributed by atoms with Gasteiger partial charge in [-0.05, 0) is 91.7 Å². The van der Waals surface area contributed by atoms with Crippen LogP contribution in [0, 0.1) is 0 Å². The normalized spacial score (nSPS) is 13.4. The van der Waals surface area contributed by atoms with Crippen LogP contribution in [-0.2, 0) is 10.2 Å². The molecular weight excluding hydrogens is 360 g/mol. The van der Waals surface area contributed by atoms with Crippen LogP contribution in [0.4, 0.5) is 0 Å². The fourth-order valence-electron chi connectivity index (χ4n) is 2.93. The molecule has 1 aromatic rings. The molecule has 1 aromatic carbocycles. The number of hydrogen-bond donors (Lipinski definition) is 0. The monoisotopic (exact) mass is 406 g/mol. The molecule has 0 heterocycles. The zero-order valence-corrected chi connectivity index (χ0v) is 20.8. The van der Waals surface area contributed by atoms with Gasteiger partial charge in [0.25, 0.3) is 0 Å². The standard InChI is InChI=1S/C25H46N2O2/c1-23(2,3)29-20-18-27(10)17-19-28-22-13-11-21(12-14-22)24(4,5)15-16-25(6,7)26(8)9/h11-14H,15-20H2,1-10H3. The van der Waals surface area contributed by atoms with Crippen LogP contribution in [0.15, 0.2) is 24.3 Å². The Hall–Kier alpha value is -1.10. The average Bonchev–Trinajstić information content (AvgIpc) is 2.59. The van der Waals surface area contributed by atoms with E-state index in [1.165, 1.54) is 5.56 Å². The van der Waals surface area contributed by atoms with Crippen molar-refractivity contribution in [2.75, 3.05) is 47.4 Å². The largest absolute Gasteiger partial charge is 0.492 e. The van der Waals surface area contributed by atoms with Gasteiger partial charge in [-0.2, -0.15) is 0 Å². The van der Waals surface area contributed by atoms with Gasteiger partial charge in [-0.25, -0.2) is 0 Å². The highest BCUT2D eigenvalue weighted by atomic mass is 16.5. The van der Waals surface area contributed by atoms with Crippen LogP contribution in [0.5, 0.6) is 5.75 Å². The van der Waals surface area contributed by atoms with E-state index in [-0.39, 0.29) is 16.6 Å². The maximum atomic E-state index is 5.95. The fourth-order valence-corrected chi connectivity index (χ4v) is 2.93. The fraction of sp³-hybridized carbons (Fsp3) is 0.760. The Morgan fingerprint density at radius 3 is 1.83 bits per heavy atom. The van der Waals surface area contributed by atoms with Crippen LogP contribution >= 0.6 is 0 Å². The molecule has 29 heavy (non-hydrogen) atoms. The van der Waals surface area contributed by atoms with E-state index in [2.05, 4.69) is 104 Å². The summed E-state index contributed by atoms with van der Waals surface area (Å²) in [5, 5.41) is 0. The Bertz CT molecular complexity index is 586. The second-order valence-corrected chi connectivity index (χ2v) is 10.7. The molecule has 0 aromatic heterocycles. The second kappa shape index (κ2) is 10.8. The molecule has 0 aliphatic rings. The Kier molecular flexibility index (Phi) is 9.65. The molecular formula is C25H46N2O2. The zero-order valence-electron chi connectivity index (χ0n) is 20.8. The molecule has 0 amide bonds. The third-order valence-corrected chi connectivity index (χ3v) is 5.96. The topological polar surface area (TPSA) is 24.9 Å². The molecule has 0 unspecified atom stereocenters. The molecule has 1 rings (SSSR count). The molecule has 0 saturated carbocycles. The molecule has 0 radical (unpaired) electrons. The number of ether oxygens (including phenoxy) is 2. The van der Waals surface area contributed by atoms with Crippen molar-refractivity contribution in [3.63, 3.8) is 0 Å². The van der Waals surface area contributed by atoms with Crippen LogP contribution in [0.25, 0.3) is 0 Å². The number of benzene rings is 1. The lowest BCUT2D eigenvalue weighted by atomic mass is 9.77. The summed E-state index contributed by atoms with van der Waals surface area (Å²) >= 11 is 0. The maximum Gasteiger partial charge on any atom is 0.119 e. The SMILES string of the molecule is CN(CCOc1ccc(C(C)(C)CCC(C)(C)N(C)C)cc1)CCOC(C)(C)C. The summed E-state index contributed by atoms with van der Waals surface area (Å²) in [6, 6.07) is 8.66. The molecule has 0 fully saturated rings. The maximum absolute atomic E-state index is 5.95. The highest BCUT2D eigenvalue weighted by molar-refractivity contribution is 5.31.